The van der Waals surface area contributed by atoms with Gasteiger partial charge in [-0.2, -0.15) is 0 Å². The van der Waals surface area contributed by atoms with E-state index in [0.717, 1.165) is 5.56 Å². The molecule has 4 nitrogen and oxygen atoms in total. The first-order valence-electron chi connectivity index (χ1n) is 6.96. The van der Waals surface area contributed by atoms with Crippen molar-refractivity contribution in [1.29, 1.82) is 0 Å². The fourth-order valence-electron chi connectivity index (χ4n) is 2.03. The maximum absolute atomic E-state index is 5.91. The Morgan fingerprint density at radius 3 is 1.85 bits per heavy atom. The van der Waals surface area contributed by atoms with E-state index in [1.165, 1.54) is 0 Å². The quantitative estimate of drug-likeness (QED) is 0.403. The third kappa shape index (κ3) is 5.40. The van der Waals surface area contributed by atoms with E-state index < -0.39 is 13.5 Å². The van der Waals surface area contributed by atoms with Gasteiger partial charge in [0.2, 0.25) is 7.59 Å². The van der Waals surface area contributed by atoms with Crippen molar-refractivity contribution >= 4 is 69.6 Å². The summed E-state index contributed by atoms with van der Waals surface area (Å²) in [4.78, 5) is 12.4. The molecule has 2 aromatic rings. The van der Waals surface area contributed by atoms with Crippen LogP contribution in [0.25, 0.3) is 0 Å². The van der Waals surface area contributed by atoms with Crippen molar-refractivity contribution in [2.75, 3.05) is 7.11 Å². The van der Waals surface area contributed by atoms with Crippen LogP contribution < -0.4 is 4.74 Å². The minimum absolute atomic E-state index is 0.162. The van der Waals surface area contributed by atoms with Crippen LogP contribution in [0.4, 0.5) is 0 Å². The van der Waals surface area contributed by atoms with Crippen LogP contribution in [0, 0.1) is 0 Å². The number of hydrogen-bond donors (Lipinski definition) is 0. The molecule has 0 saturated heterocycles. The molecule has 0 bridgehead atoms. The highest BCUT2D eigenvalue weighted by molar-refractivity contribution is 6.67. The molecule has 0 aliphatic carbocycles. The minimum Gasteiger partial charge on any atom is -0.497 e. The summed E-state index contributed by atoms with van der Waals surface area (Å²) in [6.07, 6.45) is 1.64. The zero-order valence-electron chi connectivity index (χ0n) is 13.2. The summed E-state index contributed by atoms with van der Waals surface area (Å²) >= 11 is 35.5. The molecule has 26 heavy (non-hydrogen) atoms. The Bertz CT molecular complexity index is 791. The van der Waals surface area contributed by atoms with Crippen molar-refractivity contribution in [2.24, 2.45) is 0 Å². The summed E-state index contributed by atoms with van der Waals surface area (Å²) in [5.41, 5.74) is 3.51. The lowest BCUT2D eigenvalue weighted by Gasteiger charge is -2.18. The lowest BCUT2D eigenvalue weighted by atomic mass is 9.98. The second-order valence-corrected chi connectivity index (χ2v) is 9.52. The van der Waals surface area contributed by atoms with Gasteiger partial charge >= 0.3 is 0 Å². The van der Waals surface area contributed by atoms with Gasteiger partial charge in [-0.3, -0.25) is 0 Å². The Labute approximate surface area is 180 Å². The molecule has 1 aromatic carbocycles. The predicted octanol–water partition coefficient (Wildman–Crippen LogP) is 6.01. The van der Waals surface area contributed by atoms with Gasteiger partial charge in [0.1, 0.15) is 11.6 Å². The van der Waals surface area contributed by atoms with E-state index in [1.807, 2.05) is 12.1 Å². The third-order valence-electron chi connectivity index (χ3n) is 3.20. The Kier molecular flexibility index (Phi) is 7.09. The predicted molar refractivity (Wildman–Crippen MR) is 107 cm³/mol. The average molecular weight is 474 g/mol. The maximum atomic E-state index is 5.91. The summed E-state index contributed by atoms with van der Waals surface area (Å²) in [5.74, 6) is 0.0897. The van der Waals surface area contributed by atoms with Crippen molar-refractivity contribution in [3.05, 3.63) is 65.7 Å². The number of nitrogens with zero attached hydrogens (tertiary/aromatic N) is 3. The molecule has 1 atom stereocenters. The molecule has 0 saturated carbocycles. The van der Waals surface area contributed by atoms with Crippen molar-refractivity contribution in [1.82, 2.24) is 15.0 Å². The number of alkyl halides is 6. The molecule has 1 unspecified atom stereocenters. The van der Waals surface area contributed by atoms with Crippen LogP contribution >= 0.6 is 69.6 Å². The molecule has 0 amide bonds. The van der Waals surface area contributed by atoms with Gasteiger partial charge in [0, 0.05) is 0 Å². The lowest BCUT2D eigenvalue weighted by molar-refractivity contribution is 0.414. The first-order chi connectivity index (χ1) is 12.1. The number of hydrogen-bond acceptors (Lipinski definition) is 4. The Hall–Kier alpha value is -0.710. The smallest absolute Gasteiger partial charge is 0.250 e. The highest BCUT2D eigenvalue weighted by Crippen LogP contribution is 2.41. The summed E-state index contributed by atoms with van der Waals surface area (Å²) in [6, 6.07) is 7.22. The van der Waals surface area contributed by atoms with Gasteiger partial charge in [-0.25, -0.2) is 15.0 Å². The van der Waals surface area contributed by atoms with Gasteiger partial charge in [0.15, 0.2) is 11.6 Å². The van der Waals surface area contributed by atoms with Gasteiger partial charge < -0.3 is 4.74 Å². The first-order valence-corrected chi connectivity index (χ1v) is 9.23. The number of aromatic nitrogens is 3. The monoisotopic (exact) mass is 471 g/mol. The Morgan fingerprint density at radius 1 is 0.962 bits per heavy atom. The maximum Gasteiger partial charge on any atom is 0.250 e. The van der Waals surface area contributed by atoms with E-state index in [9.17, 15) is 0 Å². The molecule has 2 rings (SSSR count). The Balaban J connectivity index is 2.65. The molecule has 0 radical (unpaired) electrons. The van der Waals surface area contributed by atoms with E-state index in [2.05, 4.69) is 27.3 Å². The molecule has 10 heteroatoms. The van der Waals surface area contributed by atoms with Gasteiger partial charge in [-0.05, 0) is 23.8 Å². The summed E-state index contributed by atoms with van der Waals surface area (Å²) in [6.45, 7) is 3.59. The van der Waals surface area contributed by atoms with Crippen LogP contribution in [0.3, 0.4) is 0 Å². The minimum atomic E-state index is -1.93. The molecular formula is C16H11Cl6N3O. The van der Waals surface area contributed by atoms with Crippen LogP contribution in [0.15, 0.2) is 42.7 Å². The molecule has 0 N–H and O–H groups in total. The van der Waals surface area contributed by atoms with E-state index in [4.69, 9.17) is 74.3 Å². The largest absolute Gasteiger partial charge is 0.497 e. The zero-order chi connectivity index (χ0) is 19.5. The highest BCUT2D eigenvalue weighted by Gasteiger charge is 2.34. The standard InChI is InChI=1S/C16H11Cl6N3O/c1-3-4-11(9-5-7-10(26-2)8-6-9)12-23-13(15(17,18)19)25-14(24-12)16(20,21)22/h4-8,11H,1H2,2H3. The van der Waals surface area contributed by atoms with Crippen LogP contribution in [0.1, 0.15) is 29.0 Å². The van der Waals surface area contributed by atoms with Gasteiger partial charge in [-0.15, -0.1) is 5.73 Å². The van der Waals surface area contributed by atoms with Gasteiger partial charge in [-0.1, -0.05) is 88.3 Å². The van der Waals surface area contributed by atoms with Crippen LogP contribution in [0.5, 0.6) is 5.75 Å². The second kappa shape index (κ2) is 8.53. The van der Waals surface area contributed by atoms with Gasteiger partial charge in [0.25, 0.3) is 0 Å². The number of halogens is 6. The first kappa shape index (κ1) is 21.6. The van der Waals surface area contributed by atoms with Crippen molar-refractivity contribution in [3.63, 3.8) is 0 Å². The molecule has 0 aliphatic rings. The normalized spacial score (nSPS) is 13.0. The van der Waals surface area contributed by atoms with Crippen LogP contribution in [-0.4, -0.2) is 22.1 Å². The van der Waals surface area contributed by atoms with Crippen molar-refractivity contribution in [2.45, 2.75) is 13.5 Å². The highest BCUT2D eigenvalue weighted by atomic mass is 35.6. The van der Waals surface area contributed by atoms with Gasteiger partial charge in [0.05, 0.1) is 13.0 Å². The van der Waals surface area contributed by atoms with Crippen molar-refractivity contribution in [3.8, 4) is 5.75 Å². The second-order valence-electron chi connectivity index (χ2n) is 4.96. The Morgan fingerprint density at radius 2 is 1.46 bits per heavy atom. The fourth-order valence-corrected chi connectivity index (χ4v) is 2.54. The molecule has 0 fully saturated rings. The molecule has 0 spiro atoms. The van der Waals surface area contributed by atoms with Crippen LogP contribution in [0.2, 0.25) is 0 Å². The number of methoxy groups -OCH3 is 1. The number of rotatable bonds is 4. The number of ether oxygens (including phenoxy) is 1. The number of benzene rings is 1. The third-order valence-corrected chi connectivity index (χ3v) is 4.21. The summed E-state index contributed by atoms with van der Waals surface area (Å²) in [7, 11) is 1.57. The average Bonchev–Trinajstić information content (AvgIpc) is 2.58. The van der Waals surface area contributed by atoms with Crippen LogP contribution in [-0.2, 0) is 7.59 Å². The molecule has 138 valence electrons. The summed E-state index contributed by atoms with van der Waals surface area (Å²) < 4.78 is 1.31. The van der Waals surface area contributed by atoms with E-state index >= 15 is 0 Å². The molecule has 1 heterocycles. The lowest BCUT2D eigenvalue weighted by Crippen LogP contribution is -2.19. The summed E-state index contributed by atoms with van der Waals surface area (Å²) in [5, 5.41) is 0. The molecule has 0 aliphatic heterocycles. The molecular weight excluding hydrogens is 463 g/mol. The number of allylic oxidation sites excluding steroid dienone is 1. The van der Waals surface area contributed by atoms with E-state index in [1.54, 1.807) is 25.3 Å². The van der Waals surface area contributed by atoms with E-state index in [0.29, 0.717) is 5.75 Å². The zero-order valence-corrected chi connectivity index (χ0v) is 17.7. The topological polar surface area (TPSA) is 47.9 Å². The SMILES string of the molecule is C=C=CC(c1ccc(OC)cc1)c1nc(C(Cl)(Cl)Cl)nc(C(Cl)(Cl)Cl)n1. The molecule has 1 aromatic heterocycles. The van der Waals surface area contributed by atoms with Crippen molar-refractivity contribution < 1.29 is 4.74 Å². The fraction of sp³-hybridized carbons (Fsp3) is 0.250. The van der Waals surface area contributed by atoms with E-state index in [-0.39, 0.29) is 17.5 Å².